The topological polar surface area (TPSA) is 98.0 Å². The van der Waals surface area contributed by atoms with E-state index in [2.05, 4.69) is 25.7 Å². The Balaban J connectivity index is 2.23. The number of aromatic nitrogens is 3. The average Bonchev–Trinajstić information content (AvgIpc) is 2.40. The van der Waals surface area contributed by atoms with Gasteiger partial charge in [0.05, 0.1) is 6.10 Å². The van der Waals surface area contributed by atoms with Crippen molar-refractivity contribution in [2.45, 2.75) is 20.0 Å². The maximum Gasteiger partial charge on any atom is 0.323 e. The Hall–Kier alpha value is -2.48. The standard InChI is InChI=1S/C12H15FN6O/c1-7(2)20-12-17-10(16-11(18-12)19-14)15-9-5-3-8(13)4-6-9/h3-7H,14H2,1-2H3,(H2,15,16,17,18,19). The van der Waals surface area contributed by atoms with E-state index >= 15 is 0 Å². The molecule has 2 rings (SSSR count). The van der Waals surface area contributed by atoms with Crippen LogP contribution in [0.4, 0.5) is 22.0 Å². The summed E-state index contributed by atoms with van der Waals surface area (Å²) in [7, 11) is 0. The third-order valence-electron chi connectivity index (χ3n) is 2.19. The molecule has 4 N–H and O–H groups in total. The number of nitrogens with two attached hydrogens (primary N) is 1. The summed E-state index contributed by atoms with van der Waals surface area (Å²) in [5.41, 5.74) is 2.97. The van der Waals surface area contributed by atoms with E-state index in [1.165, 1.54) is 12.1 Å². The Bertz CT molecular complexity index is 575. The summed E-state index contributed by atoms with van der Waals surface area (Å²) in [6.07, 6.45) is -0.0818. The average molecular weight is 278 g/mol. The minimum absolute atomic E-state index is 0.0818. The number of nitrogens with one attached hydrogen (secondary N) is 2. The molecule has 0 fully saturated rings. The van der Waals surface area contributed by atoms with Gasteiger partial charge in [-0.2, -0.15) is 15.0 Å². The number of benzene rings is 1. The highest BCUT2D eigenvalue weighted by Crippen LogP contribution is 2.17. The number of hydrogen-bond donors (Lipinski definition) is 3. The predicted molar refractivity (Wildman–Crippen MR) is 73.1 cm³/mol. The number of hydrogen-bond acceptors (Lipinski definition) is 7. The molecule has 1 heterocycles. The lowest BCUT2D eigenvalue weighted by Gasteiger charge is -2.11. The molecule has 0 radical (unpaired) electrons. The van der Waals surface area contributed by atoms with Gasteiger partial charge in [0.2, 0.25) is 11.9 Å². The van der Waals surface area contributed by atoms with E-state index < -0.39 is 0 Å². The predicted octanol–water partition coefficient (Wildman–Crippen LogP) is 1.83. The molecule has 0 saturated carbocycles. The van der Waals surface area contributed by atoms with Crippen molar-refractivity contribution >= 4 is 17.6 Å². The van der Waals surface area contributed by atoms with Crippen LogP contribution in [0.3, 0.4) is 0 Å². The van der Waals surface area contributed by atoms with E-state index in [1.54, 1.807) is 12.1 Å². The van der Waals surface area contributed by atoms with Gasteiger partial charge in [-0.15, -0.1) is 0 Å². The van der Waals surface area contributed by atoms with Crippen LogP contribution in [0.2, 0.25) is 0 Å². The zero-order valence-electron chi connectivity index (χ0n) is 11.1. The van der Waals surface area contributed by atoms with Crippen LogP contribution in [0.25, 0.3) is 0 Å². The second-order valence-electron chi connectivity index (χ2n) is 4.21. The smallest absolute Gasteiger partial charge is 0.323 e. The molecule has 0 spiro atoms. The van der Waals surface area contributed by atoms with Crippen molar-refractivity contribution in [1.29, 1.82) is 0 Å². The molecule has 0 aliphatic carbocycles. The van der Waals surface area contributed by atoms with E-state index in [9.17, 15) is 4.39 Å². The Kier molecular flexibility index (Phi) is 4.26. The molecule has 1 aromatic carbocycles. The van der Waals surface area contributed by atoms with Crippen LogP contribution in [-0.2, 0) is 0 Å². The minimum Gasteiger partial charge on any atom is -0.461 e. The van der Waals surface area contributed by atoms with E-state index in [4.69, 9.17) is 10.6 Å². The normalized spacial score (nSPS) is 10.4. The van der Waals surface area contributed by atoms with Gasteiger partial charge in [-0.05, 0) is 38.1 Å². The third kappa shape index (κ3) is 3.75. The molecule has 8 heteroatoms. The van der Waals surface area contributed by atoms with Crippen molar-refractivity contribution in [3.05, 3.63) is 30.1 Å². The van der Waals surface area contributed by atoms with Gasteiger partial charge < -0.3 is 10.1 Å². The minimum atomic E-state index is -0.320. The maximum absolute atomic E-state index is 12.8. The lowest BCUT2D eigenvalue weighted by Crippen LogP contribution is -2.15. The lowest BCUT2D eigenvalue weighted by molar-refractivity contribution is 0.222. The number of halogens is 1. The fraction of sp³-hybridized carbons (Fsp3) is 0.250. The molecule has 2 aromatic rings. The summed E-state index contributed by atoms with van der Waals surface area (Å²) >= 11 is 0. The highest BCUT2D eigenvalue weighted by molar-refractivity contribution is 5.54. The highest BCUT2D eigenvalue weighted by Gasteiger charge is 2.08. The number of ether oxygens (including phenoxy) is 1. The van der Waals surface area contributed by atoms with Crippen LogP contribution >= 0.6 is 0 Å². The summed E-state index contributed by atoms with van der Waals surface area (Å²) in [5, 5.41) is 2.92. The Morgan fingerprint density at radius 2 is 1.75 bits per heavy atom. The largest absolute Gasteiger partial charge is 0.461 e. The van der Waals surface area contributed by atoms with Crippen molar-refractivity contribution in [3.63, 3.8) is 0 Å². The van der Waals surface area contributed by atoms with Gasteiger partial charge in [-0.1, -0.05) is 0 Å². The first-order chi connectivity index (χ1) is 9.56. The summed E-state index contributed by atoms with van der Waals surface area (Å²) in [4.78, 5) is 12.1. The second kappa shape index (κ2) is 6.11. The van der Waals surface area contributed by atoms with Gasteiger partial charge >= 0.3 is 6.01 Å². The van der Waals surface area contributed by atoms with Crippen LogP contribution in [0.5, 0.6) is 6.01 Å². The van der Waals surface area contributed by atoms with Crippen molar-refractivity contribution < 1.29 is 9.13 Å². The Labute approximate surface area is 115 Å². The molecular formula is C12H15FN6O. The monoisotopic (exact) mass is 278 g/mol. The van der Waals surface area contributed by atoms with Gasteiger partial charge in [0.25, 0.3) is 0 Å². The highest BCUT2D eigenvalue weighted by atomic mass is 19.1. The molecule has 106 valence electrons. The second-order valence-corrected chi connectivity index (χ2v) is 4.21. The molecule has 7 nitrogen and oxygen atoms in total. The summed E-state index contributed by atoms with van der Waals surface area (Å²) < 4.78 is 18.2. The maximum atomic E-state index is 12.8. The number of nitrogens with zero attached hydrogens (tertiary/aromatic N) is 3. The molecule has 0 aliphatic rings. The van der Waals surface area contributed by atoms with E-state index in [0.29, 0.717) is 5.69 Å². The van der Waals surface area contributed by atoms with Gasteiger partial charge in [-0.3, -0.25) is 5.43 Å². The van der Waals surface area contributed by atoms with Gasteiger partial charge in [0, 0.05) is 5.69 Å². The van der Waals surface area contributed by atoms with Gasteiger partial charge in [0.15, 0.2) is 0 Å². The molecule has 0 aliphatic heterocycles. The molecule has 0 saturated heterocycles. The molecule has 0 unspecified atom stereocenters. The first-order valence-corrected chi connectivity index (χ1v) is 5.99. The molecule has 0 bridgehead atoms. The third-order valence-corrected chi connectivity index (χ3v) is 2.19. The van der Waals surface area contributed by atoms with Crippen LogP contribution in [0.1, 0.15) is 13.8 Å². The molecule has 1 aromatic heterocycles. The fourth-order valence-electron chi connectivity index (χ4n) is 1.40. The summed E-state index contributed by atoms with van der Waals surface area (Å²) in [6.45, 7) is 3.71. The lowest BCUT2D eigenvalue weighted by atomic mass is 10.3. The molecule has 0 amide bonds. The van der Waals surface area contributed by atoms with E-state index in [0.717, 1.165) is 0 Å². The van der Waals surface area contributed by atoms with Crippen LogP contribution < -0.4 is 21.3 Å². The van der Waals surface area contributed by atoms with Crippen molar-refractivity contribution in [3.8, 4) is 6.01 Å². The zero-order chi connectivity index (χ0) is 14.5. The van der Waals surface area contributed by atoms with E-state index in [1.807, 2.05) is 13.8 Å². The van der Waals surface area contributed by atoms with Crippen LogP contribution in [0, 0.1) is 5.82 Å². The number of anilines is 3. The van der Waals surface area contributed by atoms with Gasteiger partial charge in [0.1, 0.15) is 5.82 Å². The SMILES string of the molecule is CC(C)Oc1nc(NN)nc(Nc2ccc(F)cc2)n1. The molecule has 0 atom stereocenters. The number of rotatable bonds is 5. The first-order valence-electron chi connectivity index (χ1n) is 5.99. The first kappa shape index (κ1) is 13.9. The van der Waals surface area contributed by atoms with Gasteiger partial charge in [-0.25, -0.2) is 10.2 Å². The van der Waals surface area contributed by atoms with Crippen LogP contribution in [-0.4, -0.2) is 21.1 Å². The fourth-order valence-corrected chi connectivity index (χ4v) is 1.40. The zero-order valence-corrected chi connectivity index (χ0v) is 11.1. The number of nitrogen functional groups attached to an aromatic ring is 1. The quantitative estimate of drug-likeness (QED) is 0.567. The van der Waals surface area contributed by atoms with E-state index in [-0.39, 0.29) is 29.8 Å². The number of hydrazine groups is 1. The van der Waals surface area contributed by atoms with Crippen molar-refractivity contribution in [1.82, 2.24) is 15.0 Å². The summed E-state index contributed by atoms with van der Waals surface area (Å²) in [5.74, 6) is 5.39. The molecule has 20 heavy (non-hydrogen) atoms. The Morgan fingerprint density at radius 3 is 2.35 bits per heavy atom. The molecular weight excluding hydrogens is 263 g/mol. The Morgan fingerprint density at radius 1 is 1.10 bits per heavy atom. The van der Waals surface area contributed by atoms with Crippen molar-refractivity contribution in [2.75, 3.05) is 10.7 Å². The van der Waals surface area contributed by atoms with Crippen molar-refractivity contribution in [2.24, 2.45) is 5.84 Å². The summed E-state index contributed by atoms with van der Waals surface area (Å²) in [6, 6.07) is 5.94. The van der Waals surface area contributed by atoms with Crippen LogP contribution in [0.15, 0.2) is 24.3 Å².